The van der Waals surface area contributed by atoms with Crippen LogP contribution in [-0.2, 0) is 0 Å². The number of methoxy groups -OCH3 is 2. The molecule has 4 rings (SSSR count). The predicted octanol–water partition coefficient (Wildman–Crippen LogP) is 3.81. The quantitative estimate of drug-likeness (QED) is 0.823. The van der Waals surface area contributed by atoms with Crippen LogP contribution in [0.1, 0.15) is 24.8 Å². The molecule has 0 spiro atoms. The van der Waals surface area contributed by atoms with Crippen molar-refractivity contribution < 1.29 is 9.47 Å². The summed E-state index contributed by atoms with van der Waals surface area (Å²) in [5, 5.41) is 3.63. The first kappa shape index (κ1) is 18.9. The van der Waals surface area contributed by atoms with E-state index in [1.165, 1.54) is 16.9 Å². The van der Waals surface area contributed by atoms with Crippen LogP contribution in [-0.4, -0.2) is 57.9 Å². The lowest BCUT2D eigenvalue weighted by molar-refractivity contribution is 0.247. The van der Waals surface area contributed by atoms with Crippen LogP contribution in [0.3, 0.4) is 0 Å². The second-order valence-corrected chi connectivity index (χ2v) is 7.79. The molecule has 0 aliphatic carbocycles. The number of fused-ring (bicyclic) bond motifs is 1. The Hall–Kier alpha value is -2.40. The van der Waals surface area contributed by atoms with Crippen molar-refractivity contribution in [1.82, 2.24) is 4.90 Å². The third-order valence-electron chi connectivity index (χ3n) is 6.19. The maximum absolute atomic E-state index is 5.52. The number of ether oxygens (including phenoxy) is 2. The molecular weight excluding hydrogens is 350 g/mol. The summed E-state index contributed by atoms with van der Waals surface area (Å²) in [6, 6.07) is 15.4. The molecule has 2 atom stereocenters. The minimum absolute atomic E-state index is 0.428. The zero-order valence-electron chi connectivity index (χ0n) is 17.1. The molecule has 0 amide bonds. The second-order valence-electron chi connectivity index (χ2n) is 7.79. The molecule has 0 unspecified atom stereocenters. The number of hydrogen-bond donors (Lipinski definition) is 1. The third kappa shape index (κ3) is 3.76. The van der Waals surface area contributed by atoms with Gasteiger partial charge in [0.2, 0.25) is 0 Å². The maximum atomic E-state index is 5.52. The summed E-state index contributed by atoms with van der Waals surface area (Å²) in [7, 11) is 3.40. The molecule has 150 valence electrons. The van der Waals surface area contributed by atoms with Gasteiger partial charge in [-0.15, -0.1) is 0 Å². The lowest BCUT2D eigenvalue weighted by atomic mass is 9.92. The van der Waals surface area contributed by atoms with E-state index in [1.54, 1.807) is 14.2 Å². The number of nitrogens with one attached hydrogen (secondary N) is 1. The summed E-state index contributed by atoms with van der Waals surface area (Å²) < 4.78 is 11.0. The van der Waals surface area contributed by atoms with Crippen LogP contribution in [0.4, 0.5) is 11.4 Å². The molecule has 5 nitrogen and oxygen atoms in total. The van der Waals surface area contributed by atoms with Crippen LogP contribution >= 0.6 is 0 Å². The van der Waals surface area contributed by atoms with Crippen molar-refractivity contribution in [3.8, 4) is 11.5 Å². The van der Waals surface area contributed by atoms with Gasteiger partial charge >= 0.3 is 0 Å². The van der Waals surface area contributed by atoms with Crippen LogP contribution in [0.5, 0.6) is 11.5 Å². The van der Waals surface area contributed by atoms with Crippen LogP contribution in [0, 0.1) is 0 Å². The largest absolute Gasteiger partial charge is 0.493 e. The SMILES string of the molecule is COc1cc2c(cc1OC)[C@@H](CCN1CCN(c3ccccc3)CC1)[C@@H](C)N2. The monoisotopic (exact) mass is 381 g/mol. The number of hydrogen-bond acceptors (Lipinski definition) is 5. The summed E-state index contributed by atoms with van der Waals surface area (Å²) >= 11 is 0. The first-order chi connectivity index (χ1) is 13.7. The molecule has 0 aromatic heterocycles. The standard InChI is InChI=1S/C23H31N3O2/c1-17-19(20-15-22(27-2)23(28-3)16-21(20)24-17)9-10-25-11-13-26(14-12-25)18-7-5-4-6-8-18/h4-8,15-17,19,24H,9-14H2,1-3H3/t17-,19+/m1/s1. The Bertz CT molecular complexity index is 788. The van der Waals surface area contributed by atoms with E-state index in [0.717, 1.165) is 50.6 Å². The van der Waals surface area contributed by atoms with Gasteiger partial charge in [0.05, 0.1) is 14.2 Å². The minimum atomic E-state index is 0.428. The van der Waals surface area contributed by atoms with Crippen LogP contribution in [0.25, 0.3) is 0 Å². The van der Waals surface area contributed by atoms with Gasteiger partial charge in [-0.3, -0.25) is 4.90 Å². The van der Waals surface area contributed by atoms with E-state index in [4.69, 9.17) is 9.47 Å². The predicted molar refractivity (Wildman–Crippen MR) is 115 cm³/mol. The van der Waals surface area contributed by atoms with Gasteiger partial charge in [-0.2, -0.15) is 0 Å². The Balaban J connectivity index is 1.36. The molecule has 1 fully saturated rings. The molecule has 2 aliphatic heterocycles. The van der Waals surface area contributed by atoms with Gasteiger partial charge in [-0.25, -0.2) is 0 Å². The number of nitrogens with zero attached hydrogens (tertiary/aromatic N) is 2. The highest BCUT2D eigenvalue weighted by atomic mass is 16.5. The normalized spacial score (nSPS) is 21.9. The number of benzene rings is 2. The molecule has 0 bridgehead atoms. The van der Waals surface area contributed by atoms with E-state index in [2.05, 4.69) is 64.5 Å². The highest BCUT2D eigenvalue weighted by Crippen LogP contribution is 2.44. The topological polar surface area (TPSA) is 37.0 Å². The highest BCUT2D eigenvalue weighted by Gasteiger charge is 2.31. The molecule has 0 saturated carbocycles. The molecule has 1 saturated heterocycles. The van der Waals surface area contributed by atoms with E-state index in [9.17, 15) is 0 Å². The fraction of sp³-hybridized carbons (Fsp3) is 0.478. The van der Waals surface area contributed by atoms with E-state index in [1.807, 2.05) is 0 Å². The van der Waals surface area contributed by atoms with Crippen molar-refractivity contribution >= 4 is 11.4 Å². The minimum Gasteiger partial charge on any atom is -0.493 e. The van der Waals surface area contributed by atoms with Crippen molar-refractivity contribution in [2.75, 3.05) is 57.2 Å². The zero-order valence-corrected chi connectivity index (χ0v) is 17.1. The van der Waals surface area contributed by atoms with Crippen molar-refractivity contribution in [3.63, 3.8) is 0 Å². The van der Waals surface area contributed by atoms with Crippen LogP contribution in [0.15, 0.2) is 42.5 Å². The van der Waals surface area contributed by atoms with Crippen molar-refractivity contribution in [1.29, 1.82) is 0 Å². The summed E-state index contributed by atoms with van der Waals surface area (Å²) in [5.41, 5.74) is 3.88. The number of anilines is 2. The summed E-state index contributed by atoms with van der Waals surface area (Å²) in [5.74, 6) is 2.11. The molecule has 2 aromatic rings. The Kier molecular flexibility index (Phi) is 5.62. The Morgan fingerprint density at radius 3 is 2.32 bits per heavy atom. The fourth-order valence-corrected chi connectivity index (χ4v) is 4.54. The molecule has 1 N–H and O–H groups in total. The van der Waals surface area contributed by atoms with E-state index in [0.29, 0.717) is 12.0 Å². The molecule has 28 heavy (non-hydrogen) atoms. The van der Waals surface area contributed by atoms with Crippen molar-refractivity contribution in [2.24, 2.45) is 0 Å². The van der Waals surface area contributed by atoms with Gasteiger partial charge in [0.25, 0.3) is 0 Å². The third-order valence-corrected chi connectivity index (χ3v) is 6.19. The average Bonchev–Trinajstić information content (AvgIpc) is 3.06. The summed E-state index contributed by atoms with van der Waals surface area (Å²) in [6.45, 7) is 7.86. The van der Waals surface area contributed by atoms with Crippen LogP contribution in [0.2, 0.25) is 0 Å². The number of para-hydroxylation sites is 1. The van der Waals surface area contributed by atoms with Crippen molar-refractivity contribution in [3.05, 3.63) is 48.0 Å². The Morgan fingerprint density at radius 2 is 1.64 bits per heavy atom. The molecule has 2 aromatic carbocycles. The molecule has 0 radical (unpaired) electrons. The fourth-order valence-electron chi connectivity index (χ4n) is 4.54. The highest BCUT2D eigenvalue weighted by molar-refractivity contribution is 5.66. The smallest absolute Gasteiger partial charge is 0.162 e. The van der Waals surface area contributed by atoms with Gasteiger partial charge in [-0.05, 0) is 43.7 Å². The second kappa shape index (κ2) is 8.31. The number of piperazine rings is 1. The van der Waals surface area contributed by atoms with Gasteiger partial charge in [0.15, 0.2) is 11.5 Å². The average molecular weight is 382 g/mol. The van der Waals surface area contributed by atoms with Gasteiger partial charge in [0, 0.05) is 55.6 Å². The van der Waals surface area contributed by atoms with Gasteiger partial charge < -0.3 is 19.7 Å². The van der Waals surface area contributed by atoms with E-state index >= 15 is 0 Å². The van der Waals surface area contributed by atoms with Crippen molar-refractivity contribution in [2.45, 2.75) is 25.3 Å². The van der Waals surface area contributed by atoms with Crippen LogP contribution < -0.4 is 19.7 Å². The van der Waals surface area contributed by atoms with Gasteiger partial charge in [-0.1, -0.05) is 18.2 Å². The molecule has 5 heteroatoms. The Labute approximate surface area is 168 Å². The summed E-state index contributed by atoms with van der Waals surface area (Å²) in [4.78, 5) is 5.09. The maximum Gasteiger partial charge on any atom is 0.162 e. The molecular formula is C23H31N3O2. The lowest BCUT2D eigenvalue weighted by Gasteiger charge is -2.36. The summed E-state index contributed by atoms with van der Waals surface area (Å²) in [6.07, 6.45) is 1.15. The molecule has 2 aliphatic rings. The first-order valence-electron chi connectivity index (χ1n) is 10.2. The Morgan fingerprint density at radius 1 is 0.964 bits per heavy atom. The lowest BCUT2D eigenvalue weighted by Crippen LogP contribution is -2.47. The first-order valence-corrected chi connectivity index (χ1v) is 10.2. The number of rotatable bonds is 6. The van der Waals surface area contributed by atoms with E-state index < -0.39 is 0 Å². The van der Waals surface area contributed by atoms with E-state index in [-0.39, 0.29) is 0 Å². The van der Waals surface area contributed by atoms with Gasteiger partial charge in [0.1, 0.15) is 0 Å². The zero-order chi connectivity index (χ0) is 19.5. The molecule has 2 heterocycles.